The van der Waals surface area contributed by atoms with Crippen LogP contribution < -0.4 is 5.73 Å². The van der Waals surface area contributed by atoms with E-state index in [9.17, 15) is 0 Å². The normalized spacial score (nSPS) is 12.2. The maximum absolute atomic E-state index is 6.57. The average Bonchev–Trinajstić information content (AvgIpc) is 3.16. The lowest BCUT2D eigenvalue weighted by Crippen LogP contribution is -2.13. The fraction of sp³-hybridized carbons (Fsp3) is 0.0217. The molecule has 0 fully saturated rings. The Kier molecular flexibility index (Phi) is 7.82. The minimum absolute atomic E-state index is 0.499. The Balaban J connectivity index is 1.33. The molecule has 0 unspecified atom stereocenters. The number of fused-ring (bicyclic) bond motifs is 4. The van der Waals surface area contributed by atoms with Gasteiger partial charge < -0.3 is 5.73 Å². The third-order valence-corrected chi connectivity index (χ3v) is 9.13. The van der Waals surface area contributed by atoms with Gasteiger partial charge in [-0.2, -0.15) is 0 Å². The number of aliphatic imine (C=N–C) groups is 1. The molecule has 8 rings (SSSR count). The van der Waals surface area contributed by atoms with Crippen molar-refractivity contribution in [3.8, 4) is 22.3 Å². The molecule has 0 aliphatic heterocycles. The summed E-state index contributed by atoms with van der Waals surface area (Å²) in [5.74, 6) is 0.499. The molecular formula is C46H34N2. The molecule has 0 heterocycles. The van der Waals surface area contributed by atoms with Gasteiger partial charge in [-0.3, -0.25) is 0 Å². The predicted octanol–water partition coefficient (Wildman–Crippen LogP) is 11.5. The molecule has 2 N–H and O–H groups in total. The number of hydrogen-bond donors (Lipinski definition) is 1. The van der Waals surface area contributed by atoms with Crippen LogP contribution in [0.15, 0.2) is 187 Å². The van der Waals surface area contributed by atoms with Gasteiger partial charge >= 0.3 is 0 Å². The van der Waals surface area contributed by atoms with Gasteiger partial charge in [0.2, 0.25) is 0 Å². The Labute approximate surface area is 281 Å². The Bertz CT molecular complexity index is 2440. The van der Waals surface area contributed by atoms with Gasteiger partial charge in [0.15, 0.2) is 0 Å². The first-order valence-corrected chi connectivity index (χ1v) is 16.4. The summed E-state index contributed by atoms with van der Waals surface area (Å²) in [4.78, 5) is 4.98. The molecule has 0 aliphatic rings. The number of nitrogens with two attached hydrogens (primary N) is 1. The molecule has 0 amide bonds. The van der Waals surface area contributed by atoms with Gasteiger partial charge in [0.1, 0.15) is 5.84 Å². The first-order chi connectivity index (χ1) is 23.7. The second kappa shape index (κ2) is 12.9. The van der Waals surface area contributed by atoms with E-state index in [2.05, 4.69) is 146 Å². The molecule has 8 aromatic rings. The molecule has 0 aliphatic carbocycles. The molecule has 8 aromatic carbocycles. The van der Waals surface area contributed by atoms with Gasteiger partial charge in [0.25, 0.3) is 0 Å². The minimum atomic E-state index is 0.499. The highest BCUT2D eigenvalue weighted by Crippen LogP contribution is 2.46. The van der Waals surface area contributed by atoms with Crippen LogP contribution in [0.2, 0.25) is 0 Å². The zero-order valence-electron chi connectivity index (χ0n) is 26.6. The summed E-state index contributed by atoms with van der Waals surface area (Å²) in [6.45, 7) is 0. The first kappa shape index (κ1) is 29.2. The summed E-state index contributed by atoms with van der Waals surface area (Å²) in [6.07, 6.45) is 2.93. The Hall–Kier alpha value is -6.25. The van der Waals surface area contributed by atoms with Crippen molar-refractivity contribution in [3.63, 3.8) is 0 Å². The lowest BCUT2D eigenvalue weighted by molar-refractivity contribution is 1.26. The second-order valence-electron chi connectivity index (χ2n) is 12.1. The van der Waals surface area contributed by atoms with Crippen molar-refractivity contribution in [3.05, 3.63) is 199 Å². The van der Waals surface area contributed by atoms with Crippen molar-refractivity contribution in [2.24, 2.45) is 10.7 Å². The van der Waals surface area contributed by atoms with Crippen LogP contribution in [0.1, 0.15) is 16.7 Å². The zero-order valence-corrected chi connectivity index (χ0v) is 26.6. The van der Waals surface area contributed by atoms with Crippen LogP contribution in [0.4, 0.5) is 0 Å². The van der Waals surface area contributed by atoms with Crippen molar-refractivity contribution in [1.29, 1.82) is 0 Å². The van der Waals surface area contributed by atoms with Gasteiger partial charge in [-0.05, 0) is 72.1 Å². The van der Waals surface area contributed by atoms with E-state index < -0.39 is 0 Å². The highest BCUT2D eigenvalue weighted by molar-refractivity contribution is 6.27. The molecule has 228 valence electrons. The molecule has 2 nitrogen and oxygen atoms in total. The third-order valence-electron chi connectivity index (χ3n) is 9.13. The van der Waals surface area contributed by atoms with E-state index in [4.69, 9.17) is 10.7 Å². The molecule has 2 heteroatoms. The van der Waals surface area contributed by atoms with Crippen molar-refractivity contribution in [1.82, 2.24) is 0 Å². The van der Waals surface area contributed by atoms with Crippen molar-refractivity contribution in [2.75, 3.05) is 0 Å². The molecule has 0 radical (unpaired) electrons. The molecule has 0 saturated carbocycles. The molecule has 0 spiro atoms. The largest absolute Gasteiger partial charge is 0.383 e. The average molecular weight is 615 g/mol. The van der Waals surface area contributed by atoms with Gasteiger partial charge in [0.05, 0.1) is 5.70 Å². The molecule has 0 aromatic heterocycles. The van der Waals surface area contributed by atoms with Crippen LogP contribution in [0.3, 0.4) is 0 Å². The summed E-state index contributed by atoms with van der Waals surface area (Å²) in [5, 5.41) is 7.48. The van der Waals surface area contributed by atoms with E-state index in [0.717, 1.165) is 23.2 Å². The number of amidine groups is 1. The third kappa shape index (κ3) is 5.55. The van der Waals surface area contributed by atoms with Crippen molar-refractivity contribution in [2.45, 2.75) is 6.42 Å². The van der Waals surface area contributed by atoms with Gasteiger partial charge in [-0.25, -0.2) is 4.99 Å². The van der Waals surface area contributed by atoms with Gasteiger partial charge in [-0.15, -0.1) is 0 Å². The van der Waals surface area contributed by atoms with E-state index in [1.54, 1.807) is 0 Å². The van der Waals surface area contributed by atoms with Crippen molar-refractivity contribution >= 4 is 43.9 Å². The first-order valence-electron chi connectivity index (χ1n) is 16.4. The maximum Gasteiger partial charge on any atom is 0.131 e. The smallest absolute Gasteiger partial charge is 0.131 e. The minimum Gasteiger partial charge on any atom is -0.383 e. The topological polar surface area (TPSA) is 38.4 Å². The van der Waals surface area contributed by atoms with Gasteiger partial charge in [0, 0.05) is 5.56 Å². The molecule has 48 heavy (non-hydrogen) atoms. The van der Waals surface area contributed by atoms with Crippen LogP contribution in [0.25, 0.3) is 60.3 Å². The van der Waals surface area contributed by atoms with E-state index in [1.165, 1.54) is 60.1 Å². The van der Waals surface area contributed by atoms with Crippen LogP contribution in [0.5, 0.6) is 0 Å². The number of benzene rings is 8. The predicted molar refractivity (Wildman–Crippen MR) is 205 cm³/mol. The monoisotopic (exact) mass is 614 g/mol. The standard InChI is InChI=1S/C46H34N2/c47-46(37-19-8-3-9-20-37)48-42(31-24-32-14-4-1-5-15-32)34-25-27-36(28-26-34)44-40-23-13-12-22-39(40)43(35-17-6-2-7-18-35)41-30-29-33-16-10-11-21-38(33)45(41)44/h1-23,25-31H,24H2,(H2,47,48)/b42-31-. The lowest BCUT2D eigenvalue weighted by atomic mass is 9.84. The molecule has 0 atom stereocenters. The van der Waals surface area contributed by atoms with Crippen molar-refractivity contribution < 1.29 is 0 Å². The quantitative estimate of drug-likeness (QED) is 0.0825. The molecule has 0 saturated heterocycles. The number of rotatable bonds is 7. The highest BCUT2D eigenvalue weighted by atomic mass is 14.9. The SMILES string of the molecule is NC(=N/C(=C\Cc1ccccc1)c1ccc(-c2c3ccccc3c(-c3ccccc3)c3ccc4ccccc4c23)cc1)c1ccccc1. The second-order valence-corrected chi connectivity index (χ2v) is 12.1. The van der Waals surface area contributed by atoms with Crippen LogP contribution >= 0.6 is 0 Å². The summed E-state index contributed by atoms with van der Waals surface area (Å²) >= 11 is 0. The Morgan fingerprint density at radius 2 is 1.02 bits per heavy atom. The number of allylic oxidation sites excluding steroid dienone is 1. The van der Waals surface area contributed by atoms with Crippen LogP contribution in [-0.4, -0.2) is 5.84 Å². The summed E-state index contributed by atoms with van der Waals surface area (Å²) in [6, 6.07) is 62.1. The number of nitrogens with zero attached hydrogens (tertiary/aromatic N) is 1. The maximum atomic E-state index is 6.57. The van der Waals surface area contributed by atoms with Crippen LogP contribution in [-0.2, 0) is 6.42 Å². The van der Waals surface area contributed by atoms with E-state index in [0.29, 0.717) is 5.84 Å². The fourth-order valence-electron chi connectivity index (χ4n) is 6.83. The van der Waals surface area contributed by atoms with Crippen LogP contribution in [0, 0.1) is 0 Å². The van der Waals surface area contributed by atoms with E-state index >= 15 is 0 Å². The Morgan fingerprint density at radius 3 is 1.73 bits per heavy atom. The summed E-state index contributed by atoms with van der Waals surface area (Å²) in [7, 11) is 0. The fourth-order valence-corrected chi connectivity index (χ4v) is 6.83. The highest BCUT2D eigenvalue weighted by Gasteiger charge is 2.18. The van der Waals surface area contributed by atoms with E-state index in [-0.39, 0.29) is 0 Å². The zero-order chi connectivity index (χ0) is 32.3. The molecule has 0 bridgehead atoms. The summed E-state index contributed by atoms with van der Waals surface area (Å²) < 4.78 is 0. The Morgan fingerprint density at radius 1 is 0.458 bits per heavy atom. The summed E-state index contributed by atoms with van der Waals surface area (Å²) in [5.41, 5.74) is 15.5. The van der Waals surface area contributed by atoms with Gasteiger partial charge in [-0.1, -0.05) is 182 Å². The number of hydrogen-bond acceptors (Lipinski definition) is 1. The van der Waals surface area contributed by atoms with E-state index in [1.807, 2.05) is 36.4 Å². The molecular weight excluding hydrogens is 581 g/mol. The lowest BCUT2D eigenvalue weighted by Gasteiger charge is -2.19.